The molecule has 2 aromatic rings. The number of hydrogen-bond donors (Lipinski definition) is 2. The Morgan fingerprint density at radius 1 is 1.23 bits per heavy atom. The minimum absolute atomic E-state index is 0.00175. The number of benzene rings is 1. The molecule has 0 unspecified atom stereocenters. The Morgan fingerprint density at radius 2 is 1.95 bits per heavy atom. The Kier molecular flexibility index (Phi) is 6.21. The van der Waals surface area contributed by atoms with Gasteiger partial charge in [-0.2, -0.15) is 0 Å². The van der Waals surface area contributed by atoms with E-state index in [1.165, 1.54) is 23.1 Å². The SMILES string of the molecule is CC(C)Nc1nnc(SCC(=O)N[C@@H](C)c2ccccc2)s1. The molecule has 1 heterocycles. The van der Waals surface area contributed by atoms with Crippen LogP contribution < -0.4 is 10.6 Å². The van der Waals surface area contributed by atoms with Gasteiger partial charge in [-0.05, 0) is 26.3 Å². The van der Waals surface area contributed by atoms with E-state index in [0.29, 0.717) is 11.8 Å². The van der Waals surface area contributed by atoms with Crippen molar-refractivity contribution in [1.29, 1.82) is 0 Å². The van der Waals surface area contributed by atoms with Crippen LogP contribution in [0.15, 0.2) is 34.7 Å². The van der Waals surface area contributed by atoms with E-state index < -0.39 is 0 Å². The molecule has 22 heavy (non-hydrogen) atoms. The van der Waals surface area contributed by atoms with Gasteiger partial charge in [0.15, 0.2) is 4.34 Å². The number of hydrogen-bond acceptors (Lipinski definition) is 6. The summed E-state index contributed by atoms with van der Waals surface area (Å²) in [6.07, 6.45) is 0. The molecule has 0 saturated carbocycles. The molecule has 0 radical (unpaired) electrons. The second-order valence-corrected chi connectivity index (χ2v) is 7.36. The average molecular weight is 336 g/mol. The van der Waals surface area contributed by atoms with E-state index in [9.17, 15) is 4.79 Å². The summed E-state index contributed by atoms with van der Waals surface area (Å²) in [6.45, 7) is 6.08. The highest BCUT2D eigenvalue weighted by atomic mass is 32.2. The van der Waals surface area contributed by atoms with Crippen LogP contribution in [0.5, 0.6) is 0 Å². The van der Waals surface area contributed by atoms with Crippen molar-refractivity contribution in [2.24, 2.45) is 0 Å². The number of nitrogens with zero attached hydrogens (tertiary/aromatic N) is 2. The van der Waals surface area contributed by atoms with Crippen LogP contribution >= 0.6 is 23.1 Å². The van der Waals surface area contributed by atoms with Crippen molar-refractivity contribution in [1.82, 2.24) is 15.5 Å². The number of anilines is 1. The van der Waals surface area contributed by atoms with Gasteiger partial charge < -0.3 is 10.6 Å². The van der Waals surface area contributed by atoms with Gasteiger partial charge >= 0.3 is 0 Å². The van der Waals surface area contributed by atoms with Crippen LogP contribution in [0.2, 0.25) is 0 Å². The lowest BCUT2D eigenvalue weighted by atomic mass is 10.1. The highest BCUT2D eigenvalue weighted by Gasteiger charge is 2.11. The molecule has 0 aliphatic carbocycles. The topological polar surface area (TPSA) is 66.9 Å². The quantitative estimate of drug-likeness (QED) is 0.759. The smallest absolute Gasteiger partial charge is 0.230 e. The van der Waals surface area contributed by atoms with Gasteiger partial charge in [0, 0.05) is 6.04 Å². The highest BCUT2D eigenvalue weighted by Crippen LogP contribution is 2.25. The largest absolute Gasteiger partial charge is 0.358 e. The van der Waals surface area contributed by atoms with Crippen LogP contribution in [0.4, 0.5) is 5.13 Å². The summed E-state index contributed by atoms with van der Waals surface area (Å²) in [5.74, 6) is 0.336. The van der Waals surface area contributed by atoms with E-state index in [1.807, 2.05) is 51.1 Å². The van der Waals surface area contributed by atoms with Crippen molar-refractivity contribution < 1.29 is 4.79 Å². The summed E-state index contributed by atoms with van der Waals surface area (Å²) in [4.78, 5) is 12.0. The van der Waals surface area contributed by atoms with Gasteiger partial charge in [0.05, 0.1) is 11.8 Å². The predicted molar refractivity (Wildman–Crippen MR) is 92.4 cm³/mol. The first-order chi connectivity index (χ1) is 10.5. The van der Waals surface area contributed by atoms with Crippen molar-refractivity contribution in [3.05, 3.63) is 35.9 Å². The Balaban J connectivity index is 1.79. The molecule has 1 aromatic carbocycles. The lowest BCUT2D eigenvalue weighted by molar-refractivity contribution is -0.119. The predicted octanol–water partition coefficient (Wildman–Crippen LogP) is 3.33. The zero-order chi connectivity index (χ0) is 15.9. The zero-order valence-corrected chi connectivity index (χ0v) is 14.5. The molecule has 1 amide bonds. The average Bonchev–Trinajstić information content (AvgIpc) is 2.93. The molecule has 5 nitrogen and oxygen atoms in total. The van der Waals surface area contributed by atoms with Crippen LogP contribution in [0.1, 0.15) is 32.4 Å². The molecule has 0 aliphatic heterocycles. The fourth-order valence-electron chi connectivity index (χ4n) is 1.81. The molecule has 0 bridgehead atoms. The normalized spacial score (nSPS) is 12.2. The monoisotopic (exact) mass is 336 g/mol. The van der Waals surface area contributed by atoms with Gasteiger partial charge in [-0.1, -0.05) is 53.4 Å². The molecule has 1 atom stereocenters. The van der Waals surface area contributed by atoms with Gasteiger partial charge in [0.2, 0.25) is 11.0 Å². The standard InChI is InChI=1S/C15H20N4OS2/c1-10(2)16-14-18-19-15(22-14)21-9-13(20)17-11(3)12-7-5-4-6-8-12/h4-8,10-11H,9H2,1-3H3,(H,16,18)(H,17,20)/t11-/m0/s1. The van der Waals surface area contributed by atoms with Crippen LogP contribution in [-0.2, 0) is 4.79 Å². The van der Waals surface area contributed by atoms with E-state index in [-0.39, 0.29) is 11.9 Å². The number of carbonyl (C=O) groups excluding carboxylic acids is 1. The number of nitrogens with one attached hydrogen (secondary N) is 2. The van der Waals surface area contributed by atoms with Crippen LogP contribution in [0, 0.1) is 0 Å². The van der Waals surface area contributed by atoms with E-state index in [1.54, 1.807) is 0 Å². The van der Waals surface area contributed by atoms with Crippen LogP contribution in [0.3, 0.4) is 0 Å². The molecule has 2 rings (SSSR count). The van der Waals surface area contributed by atoms with Crippen molar-refractivity contribution in [2.45, 2.75) is 37.2 Å². The Bertz CT molecular complexity index is 601. The molecule has 7 heteroatoms. The van der Waals surface area contributed by atoms with Gasteiger partial charge in [-0.3, -0.25) is 4.79 Å². The van der Waals surface area contributed by atoms with Crippen molar-refractivity contribution in [2.75, 3.05) is 11.1 Å². The Hall–Kier alpha value is -1.60. The first-order valence-electron chi connectivity index (χ1n) is 7.11. The van der Waals surface area contributed by atoms with Gasteiger partial charge in [-0.15, -0.1) is 10.2 Å². The maximum Gasteiger partial charge on any atom is 0.230 e. The third kappa shape index (κ3) is 5.31. The molecular formula is C15H20N4OS2. The summed E-state index contributed by atoms with van der Waals surface area (Å²) < 4.78 is 0.797. The van der Waals surface area contributed by atoms with Gasteiger partial charge in [-0.25, -0.2) is 0 Å². The third-order valence-corrected chi connectivity index (χ3v) is 4.81. The van der Waals surface area contributed by atoms with Crippen molar-refractivity contribution in [3.63, 3.8) is 0 Å². The van der Waals surface area contributed by atoms with Crippen molar-refractivity contribution in [3.8, 4) is 0 Å². The van der Waals surface area contributed by atoms with E-state index in [2.05, 4.69) is 20.8 Å². The fraction of sp³-hybridized carbons (Fsp3) is 0.400. The molecular weight excluding hydrogens is 316 g/mol. The van der Waals surface area contributed by atoms with E-state index in [4.69, 9.17) is 0 Å². The molecule has 2 N–H and O–H groups in total. The molecule has 0 spiro atoms. The lowest BCUT2D eigenvalue weighted by Crippen LogP contribution is -2.28. The first-order valence-corrected chi connectivity index (χ1v) is 8.92. The number of amides is 1. The van der Waals surface area contributed by atoms with Crippen molar-refractivity contribution >= 4 is 34.1 Å². The molecule has 0 saturated heterocycles. The molecule has 0 aliphatic rings. The van der Waals surface area contributed by atoms with Gasteiger partial charge in [0.1, 0.15) is 0 Å². The Labute approximate surface area is 138 Å². The van der Waals surface area contributed by atoms with Crippen LogP contribution in [0.25, 0.3) is 0 Å². The summed E-state index contributed by atoms with van der Waals surface area (Å²) in [5.41, 5.74) is 1.10. The lowest BCUT2D eigenvalue weighted by Gasteiger charge is -2.13. The zero-order valence-electron chi connectivity index (χ0n) is 12.9. The van der Waals surface area contributed by atoms with Gasteiger partial charge in [0.25, 0.3) is 0 Å². The number of carbonyl (C=O) groups is 1. The minimum atomic E-state index is -0.00470. The number of rotatable bonds is 7. The molecule has 118 valence electrons. The Morgan fingerprint density at radius 3 is 2.64 bits per heavy atom. The fourth-order valence-corrected chi connectivity index (χ4v) is 3.52. The maximum atomic E-state index is 12.0. The third-order valence-electron chi connectivity index (χ3n) is 2.82. The summed E-state index contributed by atoms with van der Waals surface area (Å²) >= 11 is 2.87. The molecule has 1 aromatic heterocycles. The van der Waals surface area contributed by atoms with E-state index in [0.717, 1.165) is 15.0 Å². The first kappa shape index (κ1) is 16.8. The highest BCUT2D eigenvalue weighted by molar-refractivity contribution is 8.01. The summed E-state index contributed by atoms with van der Waals surface area (Å²) in [7, 11) is 0. The maximum absolute atomic E-state index is 12.0. The number of thioether (sulfide) groups is 1. The van der Waals surface area contributed by atoms with E-state index >= 15 is 0 Å². The summed E-state index contributed by atoms with van der Waals surface area (Å²) in [5, 5.41) is 15.1. The summed E-state index contributed by atoms with van der Waals surface area (Å²) in [6, 6.07) is 10.2. The minimum Gasteiger partial charge on any atom is -0.358 e. The van der Waals surface area contributed by atoms with Crippen LogP contribution in [-0.4, -0.2) is 27.9 Å². The second-order valence-electron chi connectivity index (χ2n) is 5.16. The number of aromatic nitrogens is 2. The second kappa shape index (κ2) is 8.14. The molecule has 0 fully saturated rings.